The topological polar surface area (TPSA) is 0 Å². The molecule has 0 aliphatic heterocycles. The monoisotopic (exact) mass is 390 g/mol. The molecule has 1 aromatic carbocycles. The van der Waals surface area contributed by atoms with Crippen LogP contribution in [-0.2, 0) is 5.41 Å². The predicted octanol–water partition coefficient (Wildman–Crippen LogP) is 7.87. The minimum absolute atomic E-state index is 0.191. The third-order valence-electron chi connectivity index (χ3n) is 12.6. The van der Waals surface area contributed by atoms with Gasteiger partial charge in [-0.2, -0.15) is 0 Å². The van der Waals surface area contributed by atoms with E-state index in [4.69, 9.17) is 0 Å². The second kappa shape index (κ2) is 4.99. The third kappa shape index (κ3) is 1.91. The van der Waals surface area contributed by atoms with E-state index < -0.39 is 0 Å². The van der Waals surface area contributed by atoms with Crippen molar-refractivity contribution in [1.29, 1.82) is 0 Å². The van der Waals surface area contributed by atoms with Crippen LogP contribution in [0.25, 0.3) is 0 Å². The van der Waals surface area contributed by atoms with E-state index in [1.165, 1.54) is 38.5 Å². The molecule has 0 amide bonds. The van der Waals surface area contributed by atoms with Crippen LogP contribution >= 0.6 is 0 Å². The van der Waals surface area contributed by atoms with Crippen molar-refractivity contribution in [2.75, 3.05) is 0 Å². The van der Waals surface area contributed by atoms with Crippen molar-refractivity contribution in [2.45, 2.75) is 92.4 Å². The van der Waals surface area contributed by atoms with Gasteiger partial charge in [-0.3, -0.25) is 0 Å². The highest BCUT2D eigenvalue weighted by atomic mass is 14.8. The van der Waals surface area contributed by atoms with Crippen LogP contribution in [0.5, 0.6) is 0 Å². The van der Waals surface area contributed by atoms with Crippen LogP contribution in [0.3, 0.4) is 0 Å². The van der Waals surface area contributed by atoms with Gasteiger partial charge < -0.3 is 0 Å². The lowest BCUT2D eigenvalue weighted by Gasteiger charge is -2.85. The Bertz CT molecular complexity index is 831. The summed E-state index contributed by atoms with van der Waals surface area (Å²) in [5, 5.41) is 0. The SMILES string of the molecule is CC12CC3C4CC5(C)CC(C(C1)C3(C(C)(C)C(C)(C)c1ccccc1)C5)C4(C)C2. The zero-order valence-corrected chi connectivity index (χ0v) is 19.9. The van der Waals surface area contributed by atoms with Crippen molar-refractivity contribution in [1.82, 2.24) is 0 Å². The largest absolute Gasteiger partial charge is 0.0622 e. The minimum Gasteiger partial charge on any atom is -0.0622 e. The molecule has 4 unspecified atom stereocenters. The molecule has 7 aliphatic carbocycles. The van der Waals surface area contributed by atoms with Gasteiger partial charge >= 0.3 is 0 Å². The molecule has 0 nitrogen and oxygen atoms in total. The van der Waals surface area contributed by atoms with E-state index in [2.05, 4.69) is 78.8 Å². The van der Waals surface area contributed by atoms with Crippen LogP contribution in [0.1, 0.15) is 92.6 Å². The van der Waals surface area contributed by atoms with Gasteiger partial charge in [-0.1, -0.05) is 78.8 Å². The van der Waals surface area contributed by atoms with Crippen molar-refractivity contribution < 1.29 is 0 Å². The highest BCUT2D eigenvalue weighted by Crippen LogP contribution is 2.87. The Morgan fingerprint density at radius 1 is 0.690 bits per heavy atom. The summed E-state index contributed by atoms with van der Waals surface area (Å²) in [6.07, 6.45) is 9.10. The fraction of sp³-hybridized carbons (Fsp3) is 0.793. The summed E-state index contributed by atoms with van der Waals surface area (Å²) in [5.41, 5.74) is 4.41. The maximum absolute atomic E-state index is 2.74. The van der Waals surface area contributed by atoms with E-state index in [0.717, 1.165) is 23.7 Å². The summed E-state index contributed by atoms with van der Waals surface area (Å²) in [6.45, 7) is 18.6. The Morgan fingerprint density at radius 3 is 1.72 bits per heavy atom. The first-order valence-electron chi connectivity index (χ1n) is 12.4. The zero-order valence-electron chi connectivity index (χ0n) is 19.9. The van der Waals surface area contributed by atoms with Crippen molar-refractivity contribution in [2.24, 2.45) is 50.7 Å². The lowest BCUT2D eigenvalue weighted by molar-refractivity contribution is -0.361. The summed E-state index contributed by atoms with van der Waals surface area (Å²) in [5.74, 6) is 3.87. The maximum atomic E-state index is 2.74. The molecule has 0 N–H and O–H groups in total. The normalized spacial score (nSPS) is 52.4. The van der Waals surface area contributed by atoms with Crippen LogP contribution in [0.4, 0.5) is 0 Å². The highest BCUT2D eigenvalue weighted by molar-refractivity contribution is 5.34. The van der Waals surface area contributed by atoms with Gasteiger partial charge in [0, 0.05) is 0 Å². The molecule has 1 aromatic rings. The van der Waals surface area contributed by atoms with Gasteiger partial charge in [0.25, 0.3) is 0 Å². The molecule has 0 saturated heterocycles. The summed E-state index contributed by atoms with van der Waals surface area (Å²) in [4.78, 5) is 0. The van der Waals surface area contributed by atoms with Crippen LogP contribution in [0.2, 0.25) is 0 Å². The molecule has 7 fully saturated rings. The average Bonchev–Trinajstić information content (AvgIpc) is 2.64. The molecule has 29 heavy (non-hydrogen) atoms. The van der Waals surface area contributed by atoms with E-state index >= 15 is 0 Å². The summed E-state index contributed by atoms with van der Waals surface area (Å²) in [7, 11) is 0. The molecule has 4 atom stereocenters. The summed E-state index contributed by atoms with van der Waals surface area (Å²) >= 11 is 0. The number of hydrogen-bond acceptors (Lipinski definition) is 0. The summed E-state index contributed by atoms with van der Waals surface area (Å²) < 4.78 is 0. The van der Waals surface area contributed by atoms with Crippen LogP contribution in [-0.4, -0.2) is 0 Å². The molecular weight excluding hydrogens is 348 g/mol. The first-order chi connectivity index (χ1) is 13.4. The standard InChI is InChI=1S/C29H42/c1-24(2,19-11-9-8-10-12-19)25(3,4)29-18-27(6)13-20-22(29)15-26(5)16-23(29)21(14-27)28(20,7)17-26/h8-12,20-23H,13-18H2,1-7H3. The average molecular weight is 391 g/mol. The molecule has 7 aliphatic rings. The zero-order chi connectivity index (χ0) is 20.7. The van der Waals surface area contributed by atoms with Crippen molar-refractivity contribution >= 4 is 0 Å². The van der Waals surface area contributed by atoms with Crippen molar-refractivity contribution in [3.63, 3.8) is 0 Å². The van der Waals surface area contributed by atoms with Gasteiger partial charge in [-0.15, -0.1) is 0 Å². The fourth-order valence-electron chi connectivity index (χ4n) is 11.3. The Hall–Kier alpha value is -0.780. The number of benzene rings is 1. The first-order valence-corrected chi connectivity index (χ1v) is 12.4. The molecule has 158 valence electrons. The summed E-state index contributed by atoms with van der Waals surface area (Å²) in [6, 6.07) is 11.5. The molecule has 0 heteroatoms. The smallest absolute Gasteiger partial charge is 0.00469 e. The Kier molecular flexibility index (Phi) is 3.26. The quantitative estimate of drug-likeness (QED) is 0.492. The van der Waals surface area contributed by atoms with Gasteiger partial charge in [0.15, 0.2) is 0 Å². The molecule has 0 heterocycles. The van der Waals surface area contributed by atoms with Crippen molar-refractivity contribution in [3.8, 4) is 0 Å². The molecular formula is C29H42. The molecule has 7 saturated carbocycles. The lowest BCUT2D eigenvalue weighted by Crippen LogP contribution is -2.78. The maximum Gasteiger partial charge on any atom is -0.00469 e. The van der Waals surface area contributed by atoms with Gasteiger partial charge in [0.05, 0.1) is 0 Å². The number of hydrogen-bond donors (Lipinski definition) is 0. The van der Waals surface area contributed by atoms with Gasteiger partial charge in [0.2, 0.25) is 0 Å². The molecule has 0 spiro atoms. The Labute approximate surface area is 179 Å². The number of rotatable bonds is 3. The van der Waals surface area contributed by atoms with Gasteiger partial charge in [-0.25, -0.2) is 0 Å². The molecule has 0 radical (unpaired) electrons. The highest BCUT2D eigenvalue weighted by Gasteiger charge is 2.80. The second-order valence-corrected chi connectivity index (χ2v) is 14.4. The van der Waals surface area contributed by atoms with Crippen LogP contribution in [0, 0.1) is 50.7 Å². The molecule has 8 bridgehead atoms. The molecule has 8 rings (SSSR count). The van der Waals surface area contributed by atoms with E-state index in [-0.39, 0.29) is 5.41 Å². The fourth-order valence-corrected chi connectivity index (χ4v) is 11.3. The minimum atomic E-state index is 0.191. The Balaban J connectivity index is 1.56. The van der Waals surface area contributed by atoms with E-state index in [9.17, 15) is 0 Å². The molecule has 0 aromatic heterocycles. The van der Waals surface area contributed by atoms with Crippen LogP contribution < -0.4 is 0 Å². The lowest BCUT2D eigenvalue weighted by atomic mass is 9.19. The van der Waals surface area contributed by atoms with E-state index in [0.29, 0.717) is 27.1 Å². The predicted molar refractivity (Wildman–Crippen MR) is 122 cm³/mol. The van der Waals surface area contributed by atoms with E-state index in [1.54, 1.807) is 5.56 Å². The van der Waals surface area contributed by atoms with E-state index in [1.807, 2.05) is 0 Å². The third-order valence-corrected chi connectivity index (χ3v) is 12.6. The van der Waals surface area contributed by atoms with Crippen molar-refractivity contribution in [3.05, 3.63) is 35.9 Å². The Morgan fingerprint density at radius 2 is 1.17 bits per heavy atom. The second-order valence-electron chi connectivity index (χ2n) is 14.4. The van der Waals surface area contributed by atoms with Gasteiger partial charge in [0.1, 0.15) is 0 Å². The van der Waals surface area contributed by atoms with Gasteiger partial charge in [-0.05, 0) is 100 Å². The van der Waals surface area contributed by atoms with Crippen LogP contribution in [0.15, 0.2) is 30.3 Å². The first kappa shape index (κ1) is 18.9.